The zero-order chi connectivity index (χ0) is 55.7. The molecule has 0 amide bonds. The van der Waals surface area contributed by atoms with E-state index in [-0.39, 0.29) is 57.5 Å². The van der Waals surface area contributed by atoms with Gasteiger partial charge in [0.05, 0.1) is 37.6 Å². The Morgan fingerprint density at radius 1 is 0.566 bits per heavy atom. The molecule has 4 aliphatic heterocycles. The van der Waals surface area contributed by atoms with Crippen molar-refractivity contribution in [3.05, 3.63) is 11.6 Å². The first-order chi connectivity index (χ1) is 35.4. The maximum atomic E-state index is 12.6. The average molecular weight is 1090 g/mol. The Morgan fingerprint density at radius 2 is 1.12 bits per heavy atom. The number of aliphatic hydroxyl groups is 12. The monoisotopic (exact) mass is 1090 g/mol. The number of hydrogen-bond donors (Lipinski definition) is 13. The van der Waals surface area contributed by atoms with Crippen molar-refractivity contribution < 1.29 is 109 Å². The lowest BCUT2D eigenvalue weighted by Gasteiger charge is -2.72. The zero-order valence-electron chi connectivity index (χ0n) is 45.3. The Labute approximate surface area is 444 Å². The molecule has 0 bridgehead atoms. The van der Waals surface area contributed by atoms with Crippen molar-refractivity contribution in [3.8, 4) is 0 Å². The van der Waals surface area contributed by atoms with E-state index < -0.39 is 147 Å². The topological polar surface area (TPSA) is 354 Å². The highest BCUT2D eigenvalue weighted by atomic mass is 16.8. The van der Waals surface area contributed by atoms with Gasteiger partial charge < -0.3 is 104 Å². The summed E-state index contributed by atoms with van der Waals surface area (Å²) in [5.41, 5.74) is -0.808. The number of carbonyl (C=O) groups is 1. The van der Waals surface area contributed by atoms with Gasteiger partial charge in [-0.15, -0.1) is 0 Å². The van der Waals surface area contributed by atoms with Crippen LogP contribution in [0.1, 0.15) is 120 Å². The SMILES string of the molecule is CC1OC(OC2C(OC3C(OC4CCC5(C)C(CCC6(C)C5CC=C5C7CC(C)(C)CC(OC8OC(C)C(O)C(O)C8O)C7(C)CCC56C)C4(C)CO)OC(C(=O)O)C(O)C3O)OC(CO)C(O)C2O)C(O)C(O)C1O. The summed E-state index contributed by atoms with van der Waals surface area (Å²) in [5.74, 6) is -1.47. The summed E-state index contributed by atoms with van der Waals surface area (Å²) in [7, 11) is 0. The quantitative estimate of drug-likeness (QED) is 0.0921. The standard InChI is InChI=1S/C54H88O22/c1-22-31(57)34(60)39(65)45(69-22)73-30-19-49(3,4)18-25-24-10-11-28-51(6)14-13-29(52(7,21-56)27(51)12-15-54(28,9)53(24,8)17-16-50(25,30)5)72-48-43(38(64)37(63)41(74-48)44(67)68)76-47-42(36(62)33(59)26(20-55)71-47)75-46-40(66)35(61)32(58)23(2)70-46/h10,22-23,25-43,45-48,55-66H,11-21H2,1-9H3,(H,67,68). The molecule has 30 unspecified atom stereocenters. The van der Waals surface area contributed by atoms with Gasteiger partial charge in [0.25, 0.3) is 0 Å². The molecule has 4 saturated carbocycles. The highest BCUT2D eigenvalue weighted by molar-refractivity contribution is 5.73. The van der Waals surface area contributed by atoms with Crippen LogP contribution in [0.2, 0.25) is 0 Å². The van der Waals surface area contributed by atoms with Gasteiger partial charge in [-0.25, -0.2) is 4.79 Å². The van der Waals surface area contributed by atoms with Gasteiger partial charge in [-0.3, -0.25) is 0 Å². The van der Waals surface area contributed by atoms with Crippen molar-refractivity contribution in [1.29, 1.82) is 0 Å². The molecule has 30 atom stereocenters. The summed E-state index contributed by atoms with van der Waals surface area (Å²) in [6.07, 6.45) is -24.6. The second-order valence-corrected chi connectivity index (χ2v) is 26.4. The van der Waals surface area contributed by atoms with E-state index in [1.165, 1.54) is 12.5 Å². The second-order valence-electron chi connectivity index (χ2n) is 26.4. The van der Waals surface area contributed by atoms with Crippen LogP contribution in [-0.4, -0.2) is 221 Å². The molecular weight excluding hydrogens is 1000 g/mol. The summed E-state index contributed by atoms with van der Waals surface area (Å²) in [6.45, 7) is 17.8. The predicted octanol–water partition coefficient (Wildman–Crippen LogP) is -0.444. The minimum absolute atomic E-state index is 0.138. The van der Waals surface area contributed by atoms with Gasteiger partial charge in [-0.1, -0.05) is 60.1 Å². The fraction of sp³-hybridized carbons (Fsp3) is 0.944. The van der Waals surface area contributed by atoms with Gasteiger partial charge in [0.2, 0.25) is 0 Å². The molecule has 9 aliphatic rings. The van der Waals surface area contributed by atoms with Gasteiger partial charge >= 0.3 is 5.97 Å². The van der Waals surface area contributed by atoms with Crippen LogP contribution in [0.5, 0.6) is 0 Å². The molecule has 4 saturated heterocycles. The van der Waals surface area contributed by atoms with Gasteiger partial charge in [-0.05, 0) is 111 Å². The third kappa shape index (κ3) is 9.38. The lowest BCUT2D eigenvalue weighted by atomic mass is 9.33. The average Bonchev–Trinajstić information content (AvgIpc) is 3.36. The highest BCUT2D eigenvalue weighted by Crippen LogP contribution is 2.76. The van der Waals surface area contributed by atoms with Crippen LogP contribution in [0.4, 0.5) is 0 Å². The molecule has 9 rings (SSSR count). The number of hydrogen-bond acceptors (Lipinski definition) is 21. The van der Waals surface area contributed by atoms with Gasteiger partial charge in [-0.2, -0.15) is 0 Å². The smallest absolute Gasteiger partial charge is 0.335 e. The van der Waals surface area contributed by atoms with Crippen molar-refractivity contribution >= 4 is 5.97 Å². The molecule has 0 spiro atoms. The maximum Gasteiger partial charge on any atom is 0.335 e. The lowest BCUT2D eigenvalue weighted by molar-refractivity contribution is -0.396. The molecule has 4 heterocycles. The first kappa shape index (κ1) is 59.0. The Hall–Kier alpha value is -1.59. The summed E-state index contributed by atoms with van der Waals surface area (Å²) < 4.78 is 49.1. The number of carboxylic acids is 1. The Kier molecular flexibility index (Phi) is 16.3. The number of allylic oxidation sites excluding steroid dienone is 2. The molecule has 0 aromatic carbocycles. The van der Waals surface area contributed by atoms with E-state index in [1.807, 2.05) is 6.92 Å². The summed E-state index contributed by atoms with van der Waals surface area (Å²) in [4.78, 5) is 12.6. The summed E-state index contributed by atoms with van der Waals surface area (Å²) >= 11 is 0. The zero-order valence-corrected chi connectivity index (χ0v) is 45.3. The fourth-order valence-corrected chi connectivity index (χ4v) is 16.6. The largest absolute Gasteiger partial charge is 0.479 e. The van der Waals surface area contributed by atoms with E-state index in [1.54, 1.807) is 6.92 Å². The molecule has 5 aliphatic carbocycles. The minimum Gasteiger partial charge on any atom is -0.479 e. The Balaban J connectivity index is 0.979. The van der Waals surface area contributed by atoms with E-state index in [4.69, 9.17) is 37.9 Å². The summed E-state index contributed by atoms with van der Waals surface area (Å²) in [5, 5.41) is 141. The molecule has 22 nitrogen and oxygen atoms in total. The fourth-order valence-electron chi connectivity index (χ4n) is 16.6. The molecule has 76 heavy (non-hydrogen) atoms. The molecule has 0 aromatic heterocycles. The second kappa shape index (κ2) is 21.0. The normalized spacial score (nSPS) is 56.3. The van der Waals surface area contributed by atoms with Crippen LogP contribution >= 0.6 is 0 Å². The summed E-state index contributed by atoms with van der Waals surface area (Å²) in [6, 6.07) is 0. The minimum atomic E-state index is -2.10. The number of ether oxygens (including phenoxy) is 8. The van der Waals surface area contributed by atoms with E-state index in [0.717, 1.165) is 38.5 Å². The van der Waals surface area contributed by atoms with E-state index >= 15 is 0 Å². The number of rotatable bonds is 11. The number of fused-ring (bicyclic) bond motifs is 7. The molecule has 13 N–H and O–H groups in total. The molecular formula is C54H88O22. The Morgan fingerprint density at radius 3 is 1.70 bits per heavy atom. The Bertz CT molecular complexity index is 2120. The van der Waals surface area contributed by atoms with Crippen LogP contribution < -0.4 is 0 Å². The van der Waals surface area contributed by atoms with Gasteiger partial charge in [0, 0.05) is 10.8 Å². The van der Waals surface area contributed by atoms with Gasteiger partial charge in [0.1, 0.15) is 79.4 Å². The molecule has 8 fully saturated rings. The number of aliphatic hydroxyl groups excluding tert-OH is 12. The van der Waals surface area contributed by atoms with E-state index in [2.05, 4.69) is 47.6 Å². The van der Waals surface area contributed by atoms with Crippen molar-refractivity contribution in [2.45, 2.75) is 255 Å². The molecule has 0 radical (unpaired) electrons. The number of carboxylic acid groups (broad SMARTS) is 1. The van der Waals surface area contributed by atoms with E-state index in [0.29, 0.717) is 19.3 Å². The van der Waals surface area contributed by atoms with Crippen LogP contribution in [0.25, 0.3) is 0 Å². The molecule has 22 heteroatoms. The number of aliphatic carboxylic acids is 1. The third-order valence-corrected chi connectivity index (χ3v) is 21.6. The van der Waals surface area contributed by atoms with Crippen molar-refractivity contribution in [2.75, 3.05) is 13.2 Å². The lowest BCUT2D eigenvalue weighted by Crippen LogP contribution is -2.68. The van der Waals surface area contributed by atoms with Gasteiger partial charge in [0.15, 0.2) is 31.3 Å². The van der Waals surface area contributed by atoms with Crippen molar-refractivity contribution in [2.24, 2.45) is 50.2 Å². The van der Waals surface area contributed by atoms with Crippen LogP contribution in [0.3, 0.4) is 0 Å². The third-order valence-electron chi connectivity index (χ3n) is 21.6. The maximum absolute atomic E-state index is 12.6. The first-order valence-electron chi connectivity index (χ1n) is 27.6. The molecule has 0 aromatic rings. The van der Waals surface area contributed by atoms with Crippen LogP contribution in [0, 0.1) is 50.2 Å². The van der Waals surface area contributed by atoms with Crippen molar-refractivity contribution in [3.63, 3.8) is 0 Å². The van der Waals surface area contributed by atoms with Crippen LogP contribution in [0.15, 0.2) is 11.6 Å². The van der Waals surface area contributed by atoms with E-state index in [9.17, 15) is 71.2 Å². The predicted molar refractivity (Wildman–Crippen MR) is 262 cm³/mol. The first-order valence-corrected chi connectivity index (χ1v) is 27.6. The van der Waals surface area contributed by atoms with Crippen LogP contribution in [-0.2, 0) is 42.7 Å². The highest BCUT2D eigenvalue weighted by Gasteiger charge is 2.70. The molecule has 436 valence electrons. The van der Waals surface area contributed by atoms with Crippen molar-refractivity contribution in [1.82, 2.24) is 0 Å².